The molecule has 100 valence electrons. The molecule has 1 saturated heterocycles. The Hall–Kier alpha value is -1.21. The topological polar surface area (TPSA) is 66.4 Å². The molecule has 0 atom stereocenters. The van der Waals surface area contributed by atoms with Crippen molar-refractivity contribution < 1.29 is 8.42 Å². The van der Waals surface area contributed by atoms with Crippen LogP contribution in [0.1, 0.15) is 12.8 Å². The van der Waals surface area contributed by atoms with E-state index in [0.717, 1.165) is 31.7 Å². The van der Waals surface area contributed by atoms with Gasteiger partial charge >= 0.3 is 0 Å². The molecule has 1 aromatic rings. The standard InChI is InChI=1S/C11H18N4O2S/c1-14(18(2,16)17)10-4-7-15(8-5-10)11-3-6-12-9-13-11/h3,6,9-10H,4-5,7-8H2,1-2H3. The van der Waals surface area contributed by atoms with Crippen molar-refractivity contribution in [1.82, 2.24) is 14.3 Å². The molecule has 0 aliphatic carbocycles. The molecule has 0 aromatic carbocycles. The molecular weight excluding hydrogens is 252 g/mol. The number of anilines is 1. The Morgan fingerprint density at radius 1 is 1.39 bits per heavy atom. The van der Waals surface area contributed by atoms with Gasteiger partial charge in [-0.3, -0.25) is 0 Å². The van der Waals surface area contributed by atoms with E-state index in [0.29, 0.717) is 0 Å². The Kier molecular flexibility index (Phi) is 3.82. The minimum atomic E-state index is -3.10. The van der Waals surface area contributed by atoms with Crippen LogP contribution in [0, 0.1) is 0 Å². The van der Waals surface area contributed by atoms with Crippen LogP contribution in [-0.4, -0.2) is 55.1 Å². The van der Waals surface area contributed by atoms with Crippen molar-refractivity contribution in [2.45, 2.75) is 18.9 Å². The van der Waals surface area contributed by atoms with Crippen molar-refractivity contribution in [3.05, 3.63) is 18.6 Å². The van der Waals surface area contributed by atoms with Crippen molar-refractivity contribution >= 4 is 15.8 Å². The maximum atomic E-state index is 11.5. The van der Waals surface area contributed by atoms with E-state index < -0.39 is 10.0 Å². The first-order valence-corrected chi connectivity index (χ1v) is 7.77. The summed E-state index contributed by atoms with van der Waals surface area (Å²) in [5.41, 5.74) is 0. The molecule has 18 heavy (non-hydrogen) atoms. The van der Waals surface area contributed by atoms with Crippen molar-refractivity contribution in [3.63, 3.8) is 0 Å². The molecule has 2 heterocycles. The van der Waals surface area contributed by atoms with Gasteiger partial charge in [0.25, 0.3) is 0 Å². The summed E-state index contributed by atoms with van der Waals surface area (Å²) < 4.78 is 24.4. The second-order valence-corrected chi connectivity index (χ2v) is 6.61. The first-order chi connectivity index (χ1) is 8.48. The number of hydrogen-bond acceptors (Lipinski definition) is 5. The Morgan fingerprint density at radius 3 is 2.56 bits per heavy atom. The summed E-state index contributed by atoms with van der Waals surface area (Å²) in [6, 6.07) is 1.97. The zero-order valence-corrected chi connectivity index (χ0v) is 11.5. The van der Waals surface area contributed by atoms with Crippen LogP contribution in [0.2, 0.25) is 0 Å². The molecule has 7 heteroatoms. The van der Waals surface area contributed by atoms with Gasteiger partial charge in [-0.2, -0.15) is 0 Å². The second kappa shape index (κ2) is 5.19. The van der Waals surface area contributed by atoms with Crippen LogP contribution >= 0.6 is 0 Å². The first-order valence-electron chi connectivity index (χ1n) is 5.92. The number of piperidine rings is 1. The quantitative estimate of drug-likeness (QED) is 0.792. The average molecular weight is 270 g/mol. The lowest BCUT2D eigenvalue weighted by atomic mass is 10.1. The Morgan fingerprint density at radius 2 is 2.06 bits per heavy atom. The molecule has 0 radical (unpaired) electrons. The van der Waals surface area contributed by atoms with E-state index in [2.05, 4.69) is 14.9 Å². The summed E-state index contributed by atoms with van der Waals surface area (Å²) in [6.07, 6.45) is 6.16. The highest BCUT2D eigenvalue weighted by Crippen LogP contribution is 2.20. The van der Waals surface area contributed by atoms with Gasteiger partial charge in [0.2, 0.25) is 10.0 Å². The predicted molar refractivity (Wildman–Crippen MR) is 69.9 cm³/mol. The Bertz CT molecular complexity index is 483. The fraction of sp³-hybridized carbons (Fsp3) is 0.636. The number of aromatic nitrogens is 2. The molecule has 0 saturated carbocycles. The molecule has 1 aromatic heterocycles. The molecule has 6 nitrogen and oxygen atoms in total. The molecular formula is C11H18N4O2S. The van der Waals surface area contributed by atoms with Crippen LogP contribution in [0.25, 0.3) is 0 Å². The van der Waals surface area contributed by atoms with E-state index in [9.17, 15) is 8.42 Å². The van der Waals surface area contributed by atoms with Gasteiger partial charge in [-0.1, -0.05) is 0 Å². The summed E-state index contributed by atoms with van der Waals surface area (Å²) in [5, 5.41) is 0. The third-order valence-electron chi connectivity index (χ3n) is 3.39. The largest absolute Gasteiger partial charge is 0.356 e. The van der Waals surface area contributed by atoms with Crippen molar-refractivity contribution in [1.29, 1.82) is 0 Å². The van der Waals surface area contributed by atoms with Gasteiger partial charge in [0, 0.05) is 32.4 Å². The lowest BCUT2D eigenvalue weighted by Gasteiger charge is -2.36. The lowest BCUT2D eigenvalue weighted by Crippen LogP contribution is -2.45. The number of rotatable bonds is 3. The Labute approximate surface area is 108 Å². The van der Waals surface area contributed by atoms with Gasteiger partial charge in [0.15, 0.2) is 0 Å². The minimum absolute atomic E-state index is 0.0955. The third kappa shape index (κ3) is 2.97. The highest BCUT2D eigenvalue weighted by atomic mass is 32.2. The molecule has 0 spiro atoms. The number of hydrogen-bond donors (Lipinski definition) is 0. The van der Waals surface area contributed by atoms with E-state index in [1.54, 1.807) is 13.2 Å². The molecule has 1 aliphatic heterocycles. The predicted octanol–water partition coefficient (Wildman–Crippen LogP) is 0.337. The van der Waals surface area contributed by atoms with Gasteiger partial charge in [-0.15, -0.1) is 0 Å². The van der Waals surface area contributed by atoms with E-state index in [1.807, 2.05) is 6.07 Å². The molecule has 1 aliphatic rings. The summed E-state index contributed by atoms with van der Waals surface area (Å²) in [6.45, 7) is 1.64. The maximum absolute atomic E-state index is 11.5. The van der Waals surface area contributed by atoms with Crippen LogP contribution in [0.4, 0.5) is 5.82 Å². The maximum Gasteiger partial charge on any atom is 0.211 e. The monoisotopic (exact) mass is 270 g/mol. The third-order valence-corrected chi connectivity index (χ3v) is 4.74. The van der Waals surface area contributed by atoms with E-state index >= 15 is 0 Å². The van der Waals surface area contributed by atoms with Crippen LogP contribution < -0.4 is 4.90 Å². The zero-order valence-electron chi connectivity index (χ0n) is 10.7. The van der Waals surface area contributed by atoms with E-state index in [4.69, 9.17) is 0 Å². The Balaban J connectivity index is 1.97. The number of nitrogens with zero attached hydrogens (tertiary/aromatic N) is 4. The fourth-order valence-electron chi connectivity index (χ4n) is 2.20. The van der Waals surface area contributed by atoms with Crippen LogP contribution in [-0.2, 0) is 10.0 Å². The number of sulfonamides is 1. The van der Waals surface area contributed by atoms with Crippen molar-refractivity contribution in [3.8, 4) is 0 Å². The van der Waals surface area contributed by atoms with Crippen LogP contribution in [0.15, 0.2) is 18.6 Å². The van der Waals surface area contributed by atoms with E-state index in [1.165, 1.54) is 16.9 Å². The van der Waals surface area contributed by atoms with E-state index in [-0.39, 0.29) is 6.04 Å². The zero-order chi connectivity index (χ0) is 13.2. The van der Waals surface area contributed by atoms with Crippen molar-refractivity contribution in [2.75, 3.05) is 31.3 Å². The minimum Gasteiger partial charge on any atom is -0.356 e. The molecule has 0 unspecified atom stereocenters. The first kappa shape index (κ1) is 13.2. The lowest BCUT2D eigenvalue weighted by molar-refractivity contribution is 0.313. The average Bonchev–Trinajstić information content (AvgIpc) is 2.38. The second-order valence-electron chi connectivity index (χ2n) is 4.57. The van der Waals surface area contributed by atoms with Gasteiger partial charge in [-0.05, 0) is 18.9 Å². The van der Waals surface area contributed by atoms with Crippen molar-refractivity contribution in [2.24, 2.45) is 0 Å². The fourth-order valence-corrected chi connectivity index (χ4v) is 2.95. The molecule has 2 rings (SSSR count). The van der Waals surface area contributed by atoms with Gasteiger partial charge < -0.3 is 4.90 Å². The van der Waals surface area contributed by atoms with Gasteiger partial charge in [0.1, 0.15) is 12.1 Å². The summed E-state index contributed by atoms with van der Waals surface area (Å²) in [4.78, 5) is 10.3. The summed E-state index contributed by atoms with van der Waals surface area (Å²) >= 11 is 0. The normalized spacial score (nSPS) is 18.3. The van der Waals surface area contributed by atoms with Gasteiger partial charge in [0.05, 0.1) is 6.26 Å². The SMILES string of the molecule is CN(C1CCN(c2ccncn2)CC1)S(C)(=O)=O. The summed E-state index contributed by atoms with van der Waals surface area (Å²) in [7, 11) is -1.44. The van der Waals surface area contributed by atoms with Crippen LogP contribution in [0.3, 0.4) is 0 Å². The molecule has 0 N–H and O–H groups in total. The smallest absolute Gasteiger partial charge is 0.211 e. The van der Waals surface area contributed by atoms with Gasteiger partial charge in [-0.25, -0.2) is 22.7 Å². The summed E-state index contributed by atoms with van der Waals surface area (Å²) in [5.74, 6) is 0.908. The highest BCUT2D eigenvalue weighted by molar-refractivity contribution is 7.88. The molecule has 1 fully saturated rings. The van der Waals surface area contributed by atoms with Crippen LogP contribution in [0.5, 0.6) is 0 Å². The molecule has 0 amide bonds. The highest BCUT2D eigenvalue weighted by Gasteiger charge is 2.27. The molecule has 0 bridgehead atoms.